The molecule has 104 valence electrons. The summed E-state index contributed by atoms with van der Waals surface area (Å²) in [6, 6.07) is 11.8. The van der Waals surface area contributed by atoms with Gasteiger partial charge in [0.2, 0.25) is 0 Å². The molecule has 0 saturated carbocycles. The van der Waals surface area contributed by atoms with E-state index in [1.54, 1.807) is 18.2 Å². The highest BCUT2D eigenvalue weighted by Crippen LogP contribution is 2.23. The second-order valence-electron chi connectivity index (χ2n) is 4.06. The fourth-order valence-corrected chi connectivity index (χ4v) is 1.63. The largest absolute Gasteiger partial charge is 0.391 e. The Bertz CT molecular complexity index is 582. The minimum atomic E-state index is -2.55. The lowest BCUT2D eigenvalue weighted by molar-refractivity contribution is 0.120. The molecule has 0 N–H and O–H groups in total. The highest BCUT2D eigenvalue weighted by atomic mass is 19.3. The van der Waals surface area contributed by atoms with Gasteiger partial charge in [0.1, 0.15) is 12.4 Å². The van der Waals surface area contributed by atoms with Gasteiger partial charge in [-0.2, -0.15) is 0 Å². The normalized spacial score (nSPS) is 11.2. The number of hydrogen-bond donors (Lipinski definition) is 0. The summed E-state index contributed by atoms with van der Waals surface area (Å²) < 4.78 is 38.1. The molecule has 2 aromatic carbocycles. The molecule has 0 aliphatic heterocycles. The maximum atomic E-state index is 12.7. The number of alkyl halides is 2. The molecule has 0 saturated heterocycles. The minimum absolute atomic E-state index is 0.0434. The van der Waals surface area contributed by atoms with Crippen molar-refractivity contribution in [2.45, 2.75) is 13.0 Å². The first-order valence-corrected chi connectivity index (χ1v) is 5.93. The quantitative estimate of drug-likeness (QED) is 0.590. The summed E-state index contributed by atoms with van der Waals surface area (Å²) in [4.78, 5) is 4.99. The number of nitrogens with zero attached hydrogens (tertiary/aromatic N) is 1. The van der Waals surface area contributed by atoms with Gasteiger partial charge in [-0.15, -0.1) is 0 Å². The summed E-state index contributed by atoms with van der Waals surface area (Å²) in [6.07, 6.45) is -1.15. The molecule has 0 fully saturated rings. The van der Waals surface area contributed by atoms with E-state index in [2.05, 4.69) is 5.16 Å². The summed E-state index contributed by atoms with van der Waals surface area (Å²) in [5.74, 6) is -0.339. The Labute approximate surface area is 114 Å². The Hall–Kier alpha value is -2.30. The Morgan fingerprint density at radius 1 is 1.05 bits per heavy atom. The summed E-state index contributed by atoms with van der Waals surface area (Å²) in [7, 11) is 0. The summed E-state index contributed by atoms with van der Waals surface area (Å²) in [6.45, 7) is -0.0434. The Balaban J connectivity index is 1.94. The van der Waals surface area contributed by atoms with Crippen molar-refractivity contribution >= 4 is 6.21 Å². The van der Waals surface area contributed by atoms with E-state index in [1.165, 1.54) is 36.5 Å². The maximum absolute atomic E-state index is 12.7. The van der Waals surface area contributed by atoms with Crippen molar-refractivity contribution in [3.8, 4) is 0 Å². The standard InChI is InChI=1S/C15H12F3NO/c16-13-7-5-11(6-8-13)9-19-20-10-12-3-1-2-4-14(12)15(17)18/h1-9,15H,10H2. The molecule has 0 spiro atoms. The molecule has 0 unspecified atom stereocenters. The number of halogens is 3. The van der Waals surface area contributed by atoms with Crippen molar-refractivity contribution in [3.63, 3.8) is 0 Å². The molecule has 0 aliphatic carbocycles. The van der Waals surface area contributed by atoms with Crippen molar-refractivity contribution in [2.75, 3.05) is 0 Å². The second kappa shape index (κ2) is 6.75. The van der Waals surface area contributed by atoms with Crippen LogP contribution in [-0.2, 0) is 11.4 Å². The highest BCUT2D eigenvalue weighted by Gasteiger charge is 2.11. The van der Waals surface area contributed by atoms with Crippen LogP contribution in [0.5, 0.6) is 0 Å². The van der Waals surface area contributed by atoms with Gasteiger partial charge in [-0.1, -0.05) is 41.6 Å². The van der Waals surface area contributed by atoms with Crippen LogP contribution in [-0.4, -0.2) is 6.21 Å². The molecule has 0 radical (unpaired) electrons. The second-order valence-corrected chi connectivity index (χ2v) is 4.06. The van der Waals surface area contributed by atoms with Gasteiger partial charge >= 0.3 is 0 Å². The van der Waals surface area contributed by atoms with Crippen LogP contribution in [0.3, 0.4) is 0 Å². The van der Waals surface area contributed by atoms with E-state index in [1.807, 2.05) is 0 Å². The predicted octanol–water partition coefficient (Wildman–Crippen LogP) is 4.31. The molecule has 0 heterocycles. The van der Waals surface area contributed by atoms with Gasteiger partial charge in [0.15, 0.2) is 0 Å². The first kappa shape index (κ1) is 14.1. The molecule has 0 bridgehead atoms. The van der Waals surface area contributed by atoms with Gasteiger partial charge in [0.05, 0.1) is 6.21 Å². The topological polar surface area (TPSA) is 21.6 Å². The van der Waals surface area contributed by atoms with Gasteiger partial charge in [-0.3, -0.25) is 0 Å². The van der Waals surface area contributed by atoms with E-state index in [-0.39, 0.29) is 18.0 Å². The van der Waals surface area contributed by atoms with Crippen molar-refractivity contribution in [3.05, 3.63) is 71.0 Å². The zero-order chi connectivity index (χ0) is 14.4. The highest BCUT2D eigenvalue weighted by molar-refractivity contribution is 5.78. The minimum Gasteiger partial charge on any atom is -0.391 e. The van der Waals surface area contributed by atoms with Crippen LogP contribution in [0.2, 0.25) is 0 Å². The number of hydrogen-bond acceptors (Lipinski definition) is 2. The Kier molecular flexibility index (Phi) is 4.76. The average molecular weight is 279 g/mol. The summed E-state index contributed by atoms with van der Waals surface area (Å²) in [5, 5.41) is 3.67. The molecule has 0 amide bonds. The average Bonchev–Trinajstić information content (AvgIpc) is 2.46. The van der Waals surface area contributed by atoms with E-state index in [4.69, 9.17) is 4.84 Å². The molecule has 2 aromatic rings. The third-order valence-electron chi connectivity index (χ3n) is 2.66. The van der Waals surface area contributed by atoms with Gasteiger partial charge < -0.3 is 4.84 Å². The van der Waals surface area contributed by atoms with E-state index in [0.29, 0.717) is 11.1 Å². The molecular formula is C15H12F3NO. The predicted molar refractivity (Wildman–Crippen MR) is 70.2 cm³/mol. The first-order valence-electron chi connectivity index (χ1n) is 5.93. The molecule has 0 atom stereocenters. The SMILES string of the molecule is Fc1ccc(C=NOCc2ccccc2C(F)F)cc1. The molecule has 2 nitrogen and oxygen atoms in total. The number of rotatable bonds is 5. The Morgan fingerprint density at radius 3 is 2.45 bits per heavy atom. The van der Waals surface area contributed by atoms with Gasteiger partial charge in [-0.25, -0.2) is 13.2 Å². The Morgan fingerprint density at radius 2 is 1.75 bits per heavy atom. The monoisotopic (exact) mass is 279 g/mol. The van der Waals surface area contributed by atoms with Crippen LogP contribution in [0.4, 0.5) is 13.2 Å². The van der Waals surface area contributed by atoms with E-state index in [0.717, 1.165) is 0 Å². The third kappa shape index (κ3) is 3.85. The van der Waals surface area contributed by atoms with Gasteiger partial charge in [0.25, 0.3) is 6.43 Å². The first-order chi connectivity index (χ1) is 9.66. The van der Waals surface area contributed by atoms with Crippen molar-refractivity contribution < 1.29 is 18.0 Å². The summed E-state index contributed by atoms with van der Waals surface area (Å²) >= 11 is 0. The van der Waals surface area contributed by atoms with E-state index < -0.39 is 6.43 Å². The lowest BCUT2D eigenvalue weighted by Crippen LogP contribution is -1.95. The zero-order valence-electron chi connectivity index (χ0n) is 10.5. The zero-order valence-corrected chi connectivity index (χ0v) is 10.5. The van der Waals surface area contributed by atoms with Crippen LogP contribution in [0.15, 0.2) is 53.7 Å². The molecule has 2 rings (SSSR count). The molecular weight excluding hydrogens is 267 g/mol. The fraction of sp³-hybridized carbons (Fsp3) is 0.133. The summed E-state index contributed by atoms with van der Waals surface area (Å²) in [5.41, 5.74) is 0.983. The third-order valence-corrected chi connectivity index (χ3v) is 2.66. The van der Waals surface area contributed by atoms with E-state index >= 15 is 0 Å². The fourth-order valence-electron chi connectivity index (χ4n) is 1.63. The lowest BCUT2D eigenvalue weighted by atomic mass is 10.1. The van der Waals surface area contributed by atoms with Crippen LogP contribution in [0.25, 0.3) is 0 Å². The maximum Gasteiger partial charge on any atom is 0.264 e. The van der Waals surface area contributed by atoms with Crippen molar-refractivity contribution in [2.24, 2.45) is 5.16 Å². The number of oxime groups is 1. The smallest absolute Gasteiger partial charge is 0.264 e. The van der Waals surface area contributed by atoms with Crippen LogP contribution < -0.4 is 0 Å². The van der Waals surface area contributed by atoms with Crippen molar-refractivity contribution in [1.82, 2.24) is 0 Å². The van der Waals surface area contributed by atoms with Gasteiger partial charge in [-0.05, 0) is 17.7 Å². The molecule has 5 heteroatoms. The van der Waals surface area contributed by atoms with Crippen molar-refractivity contribution in [1.29, 1.82) is 0 Å². The van der Waals surface area contributed by atoms with Crippen LogP contribution >= 0.6 is 0 Å². The van der Waals surface area contributed by atoms with Gasteiger partial charge in [0, 0.05) is 11.1 Å². The van der Waals surface area contributed by atoms with Crippen LogP contribution in [0.1, 0.15) is 23.1 Å². The molecule has 0 aliphatic rings. The molecule has 0 aromatic heterocycles. The van der Waals surface area contributed by atoms with E-state index in [9.17, 15) is 13.2 Å². The lowest BCUT2D eigenvalue weighted by Gasteiger charge is -2.06. The number of benzene rings is 2. The molecule has 20 heavy (non-hydrogen) atoms. The van der Waals surface area contributed by atoms with Crippen LogP contribution in [0, 0.1) is 5.82 Å².